The molecule has 4 nitrogen and oxygen atoms in total. The topological polar surface area (TPSA) is 36.5 Å². The summed E-state index contributed by atoms with van der Waals surface area (Å²) in [7, 11) is 0. The fraction of sp³-hybridized carbons (Fsp3) is 0.562. The number of ether oxygens (including phenoxy) is 1. The highest BCUT2D eigenvalue weighted by Gasteiger charge is 2.28. The first kappa shape index (κ1) is 16.2. The van der Waals surface area contributed by atoms with Crippen molar-refractivity contribution in [3.8, 4) is 0 Å². The second-order valence-corrected chi connectivity index (χ2v) is 6.50. The summed E-state index contributed by atoms with van der Waals surface area (Å²) in [5, 5.41) is 7.23. The van der Waals surface area contributed by atoms with Crippen molar-refractivity contribution in [2.45, 2.75) is 26.3 Å². The zero-order valence-corrected chi connectivity index (χ0v) is 13.9. The summed E-state index contributed by atoms with van der Waals surface area (Å²) in [5.74, 6) is 0. The van der Waals surface area contributed by atoms with Crippen LogP contribution in [0.2, 0.25) is 0 Å². The van der Waals surface area contributed by atoms with Gasteiger partial charge in [0.2, 0.25) is 0 Å². The van der Waals surface area contributed by atoms with Gasteiger partial charge in [-0.3, -0.25) is 4.90 Å². The Kier molecular flexibility index (Phi) is 5.56. The molecule has 1 aromatic rings. The second kappa shape index (κ2) is 7.20. The van der Waals surface area contributed by atoms with Crippen molar-refractivity contribution >= 4 is 23.0 Å². The number of hydrogen-bond acceptors (Lipinski definition) is 3. The first-order valence-electron chi connectivity index (χ1n) is 7.42. The molecule has 5 heteroatoms. The third-order valence-corrected chi connectivity index (χ3v) is 4.07. The lowest BCUT2D eigenvalue weighted by atomic mass is 10.0. The van der Waals surface area contributed by atoms with E-state index in [1.165, 1.54) is 5.56 Å². The van der Waals surface area contributed by atoms with Gasteiger partial charge in [-0.15, -0.1) is 0 Å². The SMILES string of the molecule is Cc1cccc(NC(=S)NCC(C)(C)N2CCOCC2)c1. The lowest BCUT2D eigenvalue weighted by Crippen LogP contribution is -2.55. The number of aryl methyl sites for hydroxylation is 1. The van der Waals surface area contributed by atoms with E-state index in [1.807, 2.05) is 12.1 Å². The van der Waals surface area contributed by atoms with Crippen LogP contribution in [0.25, 0.3) is 0 Å². The summed E-state index contributed by atoms with van der Waals surface area (Å²) < 4.78 is 5.41. The molecule has 2 rings (SSSR count). The number of rotatable bonds is 4. The van der Waals surface area contributed by atoms with Crippen molar-refractivity contribution in [2.24, 2.45) is 0 Å². The van der Waals surface area contributed by atoms with Crippen LogP contribution in [0.3, 0.4) is 0 Å². The van der Waals surface area contributed by atoms with E-state index in [1.54, 1.807) is 0 Å². The maximum Gasteiger partial charge on any atom is 0.170 e. The Balaban J connectivity index is 1.82. The zero-order valence-electron chi connectivity index (χ0n) is 13.1. The smallest absolute Gasteiger partial charge is 0.170 e. The number of benzene rings is 1. The van der Waals surface area contributed by atoms with Gasteiger partial charge in [0.05, 0.1) is 13.2 Å². The summed E-state index contributed by atoms with van der Waals surface area (Å²) in [4.78, 5) is 2.44. The minimum atomic E-state index is 0.0577. The van der Waals surface area contributed by atoms with Gasteiger partial charge in [-0.2, -0.15) is 0 Å². The van der Waals surface area contributed by atoms with Gasteiger partial charge in [0, 0.05) is 30.9 Å². The summed E-state index contributed by atoms with van der Waals surface area (Å²) >= 11 is 5.38. The Morgan fingerprint density at radius 2 is 2.05 bits per heavy atom. The third kappa shape index (κ3) is 4.95. The third-order valence-electron chi connectivity index (χ3n) is 3.82. The van der Waals surface area contributed by atoms with Crippen molar-refractivity contribution in [1.82, 2.24) is 10.2 Å². The van der Waals surface area contributed by atoms with Crippen LogP contribution in [-0.4, -0.2) is 48.4 Å². The molecule has 116 valence electrons. The Morgan fingerprint density at radius 3 is 2.71 bits per heavy atom. The molecule has 0 unspecified atom stereocenters. The molecule has 1 saturated heterocycles. The molecule has 0 spiro atoms. The van der Waals surface area contributed by atoms with E-state index < -0.39 is 0 Å². The highest BCUT2D eigenvalue weighted by Crippen LogP contribution is 2.15. The summed E-state index contributed by atoms with van der Waals surface area (Å²) in [5.41, 5.74) is 2.30. The predicted molar refractivity (Wildman–Crippen MR) is 91.9 cm³/mol. The number of nitrogens with one attached hydrogen (secondary N) is 2. The maximum atomic E-state index is 5.41. The van der Waals surface area contributed by atoms with Gasteiger partial charge in [0.1, 0.15) is 0 Å². The Morgan fingerprint density at radius 1 is 1.33 bits per heavy atom. The number of morpholine rings is 1. The van der Waals surface area contributed by atoms with Gasteiger partial charge in [0.25, 0.3) is 0 Å². The van der Waals surface area contributed by atoms with Crippen LogP contribution >= 0.6 is 12.2 Å². The fourth-order valence-corrected chi connectivity index (χ4v) is 2.67. The first-order chi connectivity index (χ1) is 9.97. The molecular weight excluding hydrogens is 282 g/mol. The van der Waals surface area contributed by atoms with Gasteiger partial charge in [-0.1, -0.05) is 12.1 Å². The molecule has 1 fully saturated rings. The van der Waals surface area contributed by atoms with Gasteiger partial charge in [-0.25, -0.2) is 0 Å². The Bertz CT molecular complexity index is 484. The summed E-state index contributed by atoms with van der Waals surface area (Å²) in [6.07, 6.45) is 0. The minimum Gasteiger partial charge on any atom is -0.379 e. The lowest BCUT2D eigenvalue weighted by Gasteiger charge is -2.41. The number of anilines is 1. The quantitative estimate of drug-likeness (QED) is 0.836. The molecule has 1 heterocycles. The second-order valence-electron chi connectivity index (χ2n) is 6.09. The van der Waals surface area contributed by atoms with Crippen molar-refractivity contribution in [3.05, 3.63) is 29.8 Å². The normalized spacial score (nSPS) is 16.5. The van der Waals surface area contributed by atoms with Crippen LogP contribution in [0, 0.1) is 6.92 Å². The number of hydrogen-bond donors (Lipinski definition) is 2. The van der Waals surface area contributed by atoms with E-state index >= 15 is 0 Å². The molecule has 21 heavy (non-hydrogen) atoms. The number of nitrogens with zero attached hydrogens (tertiary/aromatic N) is 1. The van der Waals surface area contributed by atoms with Crippen molar-refractivity contribution in [3.63, 3.8) is 0 Å². The molecule has 0 saturated carbocycles. The van der Waals surface area contributed by atoms with E-state index in [-0.39, 0.29) is 5.54 Å². The number of thiocarbonyl (C=S) groups is 1. The van der Waals surface area contributed by atoms with E-state index in [2.05, 4.69) is 48.4 Å². The molecular formula is C16H25N3OS. The monoisotopic (exact) mass is 307 g/mol. The van der Waals surface area contributed by atoms with Crippen LogP contribution in [0.5, 0.6) is 0 Å². The minimum absolute atomic E-state index is 0.0577. The van der Waals surface area contributed by atoms with Gasteiger partial charge in [-0.05, 0) is 50.7 Å². The molecule has 0 aromatic heterocycles. The maximum absolute atomic E-state index is 5.41. The van der Waals surface area contributed by atoms with Crippen molar-refractivity contribution in [1.29, 1.82) is 0 Å². The fourth-order valence-electron chi connectivity index (χ4n) is 2.48. The molecule has 1 aliphatic rings. The van der Waals surface area contributed by atoms with Crippen molar-refractivity contribution < 1.29 is 4.74 Å². The largest absolute Gasteiger partial charge is 0.379 e. The van der Waals surface area contributed by atoms with Gasteiger partial charge in [0.15, 0.2) is 5.11 Å². The average Bonchev–Trinajstić information content (AvgIpc) is 2.46. The zero-order chi connectivity index (χ0) is 15.3. The van der Waals surface area contributed by atoms with E-state index in [4.69, 9.17) is 17.0 Å². The van der Waals surface area contributed by atoms with Gasteiger partial charge >= 0.3 is 0 Å². The molecule has 1 aliphatic heterocycles. The average molecular weight is 307 g/mol. The highest BCUT2D eigenvalue weighted by atomic mass is 32.1. The lowest BCUT2D eigenvalue weighted by molar-refractivity contribution is -0.00823. The standard InChI is InChI=1S/C16H25N3OS/c1-13-5-4-6-14(11-13)18-15(21)17-12-16(2,3)19-7-9-20-10-8-19/h4-6,11H,7-10,12H2,1-3H3,(H2,17,18,21). The Labute approximate surface area is 132 Å². The molecule has 0 aliphatic carbocycles. The summed E-state index contributed by atoms with van der Waals surface area (Å²) in [6, 6.07) is 8.20. The molecule has 2 N–H and O–H groups in total. The van der Waals surface area contributed by atoms with Crippen LogP contribution < -0.4 is 10.6 Å². The van der Waals surface area contributed by atoms with Crippen molar-refractivity contribution in [2.75, 3.05) is 38.2 Å². The van der Waals surface area contributed by atoms with Crippen LogP contribution in [0.1, 0.15) is 19.4 Å². The molecule has 0 atom stereocenters. The van der Waals surface area contributed by atoms with Gasteiger partial charge < -0.3 is 15.4 Å². The Hall–Kier alpha value is -1.17. The molecule has 0 amide bonds. The van der Waals surface area contributed by atoms with Crippen LogP contribution in [0.4, 0.5) is 5.69 Å². The highest BCUT2D eigenvalue weighted by molar-refractivity contribution is 7.80. The van der Waals surface area contributed by atoms with Crippen LogP contribution in [0.15, 0.2) is 24.3 Å². The van der Waals surface area contributed by atoms with E-state index in [0.717, 1.165) is 38.5 Å². The van der Waals surface area contributed by atoms with Crippen LogP contribution in [-0.2, 0) is 4.74 Å². The molecule has 0 radical (unpaired) electrons. The van der Waals surface area contributed by atoms with E-state index in [9.17, 15) is 0 Å². The first-order valence-corrected chi connectivity index (χ1v) is 7.82. The molecule has 0 bridgehead atoms. The molecule has 1 aromatic carbocycles. The van der Waals surface area contributed by atoms with E-state index in [0.29, 0.717) is 5.11 Å². The summed E-state index contributed by atoms with van der Waals surface area (Å²) in [6.45, 7) is 10.9. The predicted octanol–water partition coefficient (Wildman–Crippen LogP) is 2.39.